The van der Waals surface area contributed by atoms with E-state index < -0.39 is 0 Å². The fourth-order valence-corrected chi connectivity index (χ4v) is 2.60. The van der Waals surface area contributed by atoms with Gasteiger partial charge in [-0.2, -0.15) is 0 Å². The highest BCUT2D eigenvalue weighted by Gasteiger charge is 2.25. The molecule has 0 spiro atoms. The molecule has 1 amide bonds. The first-order valence-corrected chi connectivity index (χ1v) is 7.16. The Hall–Kier alpha value is -2.75. The average Bonchev–Trinajstić information content (AvgIpc) is 2.66. The van der Waals surface area contributed by atoms with Crippen LogP contribution in [0.4, 0.5) is 5.69 Å². The van der Waals surface area contributed by atoms with Crippen LogP contribution in [0.1, 0.15) is 18.1 Å². The molecule has 22 heavy (non-hydrogen) atoms. The van der Waals surface area contributed by atoms with Crippen molar-refractivity contribution >= 4 is 23.1 Å². The lowest BCUT2D eigenvalue weighted by molar-refractivity contribution is -0.121. The summed E-state index contributed by atoms with van der Waals surface area (Å²) in [4.78, 5) is 29.9. The summed E-state index contributed by atoms with van der Waals surface area (Å²) in [6, 6.07) is 17.4. The number of carbonyl (C=O) groups excluding carboxylic acids is 2. The van der Waals surface area contributed by atoms with Gasteiger partial charge in [0.2, 0.25) is 5.91 Å². The summed E-state index contributed by atoms with van der Waals surface area (Å²) in [6.45, 7) is 1.61. The van der Waals surface area contributed by atoms with Gasteiger partial charge in [0.1, 0.15) is 12.3 Å². The molecule has 0 bridgehead atoms. The summed E-state index contributed by atoms with van der Waals surface area (Å²) in [5.74, 6) is -0.208. The van der Waals surface area contributed by atoms with Crippen molar-refractivity contribution in [1.29, 1.82) is 0 Å². The topological polar surface area (TPSA) is 49.7 Å². The minimum absolute atomic E-state index is 0.0478. The van der Waals surface area contributed by atoms with E-state index in [4.69, 9.17) is 0 Å². The highest BCUT2D eigenvalue weighted by Crippen LogP contribution is 2.26. The Kier molecular flexibility index (Phi) is 3.83. The number of ketones is 1. The number of fused-ring (bicyclic) bond motifs is 1. The summed E-state index contributed by atoms with van der Waals surface area (Å²) in [5.41, 5.74) is 3.37. The van der Waals surface area contributed by atoms with Gasteiger partial charge >= 0.3 is 0 Å². The van der Waals surface area contributed by atoms with Crippen LogP contribution in [0.5, 0.6) is 0 Å². The Morgan fingerprint density at radius 1 is 1.09 bits per heavy atom. The number of nitrogens with zero attached hydrogens (tertiary/aromatic N) is 2. The van der Waals surface area contributed by atoms with Crippen LogP contribution in [0, 0.1) is 0 Å². The number of aliphatic imine (C=N–C) groups is 1. The van der Waals surface area contributed by atoms with Gasteiger partial charge in [-0.05, 0) is 13.0 Å². The number of anilines is 1. The standard InChI is InChI=1S/C18H16N2O2/c1-13(21)12-20-16-10-6-5-9-15(16)18(19-11-17(20)22)14-7-3-2-4-8-14/h2-10H,11-12H2,1H3. The van der Waals surface area contributed by atoms with Crippen LogP contribution in [0.25, 0.3) is 0 Å². The van der Waals surface area contributed by atoms with Crippen LogP contribution in [0.3, 0.4) is 0 Å². The monoisotopic (exact) mass is 292 g/mol. The summed E-state index contributed by atoms with van der Waals surface area (Å²) < 4.78 is 0. The molecule has 4 heteroatoms. The molecule has 0 fully saturated rings. The van der Waals surface area contributed by atoms with Crippen molar-refractivity contribution < 1.29 is 9.59 Å². The molecule has 110 valence electrons. The third-order valence-electron chi connectivity index (χ3n) is 3.55. The van der Waals surface area contributed by atoms with Gasteiger partial charge in [-0.15, -0.1) is 0 Å². The maximum absolute atomic E-state index is 12.4. The molecule has 0 saturated heterocycles. The van der Waals surface area contributed by atoms with Crippen LogP contribution < -0.4 is 4.90 Å². The first-order valence-electron chi connectivity index (χ1n) is 7.16. The Bertz CT molecular complexity index is 751. The molecule has 0 aromatic heterocycles. The lowest BCUT2D eigenvalue weighted by Gasteiger charge is -2.21. The number of hydrogen-bond acceptors (Lipinski definition) is 3. The minimum atomic E-state index is -0.159. The summed E-state index contributed by atoms with van der Waals surface area (Å²) in [7, 11) is 0. The van der Waals surface area contributed by atoms with Gasteiger partial charge in [-0.25, -0.2) is 0 Å². The van der Waals surface area contributed by atoms with Crippen molar-refractivity contribution in [3.05, 3.63) is 65.7 Å². The van der Waals surface area contributed by atoms with Gasteiger partial charge in [-0.3, -0.25) is 14.6 Å². The second kappa shape index (κ2) is 5.93. The lowest BCUT2D eigenvalue weighted by Crippen LogP contribution is -2.36. The fourth-order valence-electron chi connectivity index (χ4n) is 2.60. The molecule has 2 aromatic rings. The van der Waals surface area contributed by atoms with Crippen molar-refractivity contribution in [1.82, 2.24) is 0 Å². The van der Waals surface area contributed by atoms with E-state index in [2.05, 4.69) is 4.99 Å². The molecule has 2 aromatic carbocycles. The van der Waals surface area contributed by atoms with Gasteiger partial charge in [0.15, 0.2) is 0 Å². The molecule has 0 unspecified atom stereocenters. The fraction of sp³-hybridized carbons (Fsp3) is 0.167. The molecule has 0 saturated carbocycles. The van der Waals surface area contributed by atoms with Crippen LogP contribution in [-0.2, 0) is 9.59 Å². The zero-order chi connectivity index (χ0) is 15.5. The number of carbonyl (C=O) groups is 2. The molecule has 1 aliphatic rings. The zero-order valence-electron chi connectivity index (χ0n) is 12.3. The van der Waals surface area contributed by atoms with E-state index in [1.165, 1.54) is 11.8 Å². The van der Waals surface area contributed by atoms with Crippen LogP contribution in [0.15, 0.2) is 59.6 Å². The SMILES string of the molecule is CC(=O)CN1C(=O)CN=C(c2ccccc2)c2ccccc21. The largest absolute Gasteiger partial charge is 0.303 e. The number of benzodiazepines with no additional fused rings is 1. The first kappa shape index (κ1) is 14.2. The molecule has 3 rings (SSSR count). The maximum Gasteiger partial charge on any atom is 0.249 e. The van der Waals surface area contributed by atoms with Crippen molar-refractivity contribution in [3.63, 3.8) is 0 Å². The van der Waals surface area contributed by atoms with E-state index in [1.54, 1.807) is 0 Å². The number of para-hydroxylation sites is 1. The molecule has 1 heterocycles. The molecule has 1 aliphatic heterocycles. The maximum atomic E-state index is 12.4. The van der Waals surface area contributed by atoms with Crippen molar-refractivity contribution in [2.75, 3.05) is 18.0 Å². The number of Topliss-reactive ketones (excluding diaryl/α,β-unsaturated/α-hetero) is 1. The Balaban J connectivity index is 2.14. The van der Waals surface area contributed by atoms with E-state index in [1.807, 2.05) is 54.6 Å². The molecule has 0 aliphatic carbocycles. The summed E-state index contributed by atoms with van der Waals surface area (Å²) >= 11 is 0. The quantitative estimate of drug-likeness (QED) is 0.872. The predicted octanol–water partition coefficient (Wildman–Crippen LogP) is 2.46. The normalized spacial score (nSPS) is 14.1. The van der Waals surface area contributed by atoms with Crippen molar-refractivity contribution in [2.45, 2.75) is 6.92 Å². The number of amides is 1. The van der Waals surface area contributed by atoms with Gasteiger partial charge in [-0.1, -0.05) is 48.5 Å². The van der Waals surface area contributed by atoms with E-state index >= 15 is 0 Å². The molecule has 4 nitrogen and oxygen atoms in total. The van der Waals surface area contributed by atoms with E-state index in [0.717, 1.165) is 22.5 Å². The smallest absolute Gasteiger partial charge is 0.249 e. The Morgan fingerprint density at radius 2 is 1.77 bits per heavy atom. The minimum Gasteiger partial charge on any atom is -0.303 e. The van der Waals surface area contributed by atoms with E-state index in [0.29, 0.717) is 0 Å². The van der Waals surface area contributed by atoms with Crippen molar-refractivity contribution in [2.24, 2.45) is 4.99 Å². The third-order valence-corrected chi connectivity index (χ3v) is 3.55. The molecule has 0 atom stereocenters. The summed E-state index contributed by atoms with van der Waals surface area (Å²) in [6.07, 6.45) is 0. The van der Waals surface area contributed by atoms with Crippen LogP contribution in [-0.4, -0.2) is 30.5 Å². The molecule has 0 radical (unpaired) electrons. The lowest BCUT2D eigenvalue weighted by atomic mass is 10.0. The number of rotatable bonds is 3. The Morgan fingerprint density at radius 3 is 2.50 bits per heavy atom. The molecule has 0 N–H and O–H groups in total. The van der Waals surface area contributed by atoms with Gasteiger partial charge in [0.25, 0.3) is 0 Å². The van der Waals surface area contributed by atoms with Gasteiger partial charge in [0, 0.05) is 11.1 Å². The number of hydrogen-bond donors (Lipinski definition) is 0. The average molecular weight is 292 g/mol. The third kappa shape index (κ3) is 2.68. The summed E-state index contributed by atoms with van der Waals surface area (Å²) in [5, 5.41) is 0. The van der Waals surface area contributed by atoms with E-state index in [-0.39, 0.29) is 24.8 Å². The second-order valence-corrected chi connectivity index (χ2v) is 5.23. The molecular weight excluding hydrogens is 276 g/mol. The predicted molar refractivity (Wildman–Crippen MR) is 86.4 cm³/mol. The number of benzene rings is 2. The van der Waals surface area contributed by atoms with Crippen molar-refractivity contribution in [3.8, 4) is 0 Å². The van der Waals surface area contributed by atoms with Gasteiger partial charge in [0.05, 0.1) is 17.9 Å². The van der Waals surface area contributed by atoms with Gasteiger partial charge < -0.3 is 4.90 Å². The Labute approximate surface area is 129 Å². The highest BCUT2D eigenvalue weighted by atomic mass is 16.2. The first-order chi connectivity index (χ1) is 10.7. The van der Waals surface area contributed by atoms with E-state index in [9.17, 15) is 9.59 Å². The second-order valence-electron chi connectivity index (χ2n) is 5.23. The van der Waals surface area contributed by atoms with Crippen LogP contribution in [0.2, 0.25) is 0 Å². The van der Waals surface area contributed by atoms with Crippen LogP contribution >= 0.6 is 0 Å². The zero-order valence-corrected chi connectivity index (χ0v) is 12.3. The molecular formula is C18H16N2O2. The highest BCUT2D eigenvalue weighted by molar-refractivity contribution is 6.20.